The molecule has 4 aromatic rings. The van der Waals surface area contributed by atoms with Gasteiger partial charge in [-0.2, -0.15) is 18.3 Å². The van der Waals surface area contributed by atoms with Gasteiger partial charge in [-0.25, -0.2) is 4.68 Å². The van der Waals surface area contributed by atoms with E-state index in [1.165, 1.54) is 12.1 Å². The van der Waals surface area contributed by atoms with Crippen LogP contribution >= 0.6 is 0 Å². The smallest absolute Gasteiger partial charge is 0.416 e. The third-order valence-corrected chi connectivity index (χ3v) is 4.43. The zero-order valence-corrected chi connectivity index (χ0v) is 15.3. The minimum absolute atomic E-state index is 0.183. The fraction of sp³-hybridized carbons (Fsp3) is 0.0870. The molecule has 0 aliphatic heterocycles. The number of rotatable bonds is 5. The largest absolute Gasteiger partial charge is 0.489 e. The molecule has 3 nitrogen and oxygen atoms in total. The lowest BCUT2D eigenvalue weighted by atomic mass is 10.1. The van der Waals surface area contributed by atoms with Gasteiger partial charge in [0.05, 0.1) is 16.9 Å². The predicted molar refractivity (Wildman–Crippen MR) is 105 cm³/mol. The van der Waals surface area contributed by atoms with Gasteiger partial charge in [-0.3, -0.25) is 0 Å². The van der Waals surface area contributed by atoms with Crippen LogP contribution in [0.1, 0.15) is 11.1 Å². The molecule has 0 radical (unpaired) electrons. The SMILES string of the molecule is FC(F)(F)c1ccc(OCc2cn(-c3ccccc3)nc2-c2ccccc2)cc1. The molecule has 0 aliphatic rings. The number of benzene rings is 3. The Balaban J connectivity index is 1.61. The normalized spacial score (nSPS) is 11.4. The highest BCUT2D eigenvalue weighted by atomic mass is 19.4. The first-order valence-electron chi connectivity index (χ1n) is 9.00. The fourth-order valence-electron chi connectivity index (χ4n) is 2.97. The second-order valence-corrected chi connectivity index (χ2v) is 6.46. The summed E-state index contributed by atoms with van der Waals surface area (Å²) in [7, 11) is 0. The lowest BCUT2D eigenvalue weighted by molar-refractivity contribution is -0.137. The van der Waals surface area contributed by atoms with E-state index in [0.29, 0.717) is 5.75 Å². The van der Waals surface area contributed by atoms with Crippen LogP contribution in [0, 0.1) is 0 Å². The Morgan fingerprint density at radius 2 is 1.41 bits per heavy atom. The number of nitrogens with zero attached hydrogens (tertiary/aromatic N) is 2. The third kappa shape index (κ3) is 4.32. The third-order valence-electron chi connectivity index (χ3n) is 4.43. The number of hydrogen-bond acceptors (Lipinski definition) is 2. The van der Waals surface area contributed by atoms with E-state index in [1.807, 2.05) is 66.9 Å². The lowest BCUT2D eigenvalue weighted by Gasteiger charge is -2.09. The molecule has 0 fully saturated rings. The molecule has 4 rings (SSSR count). The van der Waals surface area contributed by atoms with E-state index in [2.05, 4.69) is 0 Å². The van der Waals surface area contributed by atoms with Crippen molar-refractivity contribution in [2.45, 2.75) is 12.8 Å². The van der Waals surface area contributed by atoms with Crippen molar-refractivity contribution in [1.82, 2.24) is 9.78 Å². The van der Waals surface area contributed by atoms with Gasteiger partial charge in [-0.05, 0) is 36.4 Å². The molecule has 1 heterocycles. The Morgan fingerprint density at radius 3 is 2.03 bits per heavy atom. The number of aromatic nitrogens is 2. The molecule has 29 heavy (non-hydrogen) atoms. The molecule has 1 aromatic heterocycles. The minimum Gasteiger partial charge on any atom is -0.489 e. The van der Waals surface area contributed by atoms with Crippen molar-refractivity contribution < 1.29 is 17.9 Å². The van der Waals surface area contributed by atoms with E-state index >= 15 is 0 Å². The molecule has 0 spiro atoms. The standard InChI is InChI=1S/C23H17F3N2O/c24-23(25,26)19-11-13-21(14-12-19)29-16-18-15-28(20-9-5-2-6-10-20)27-22(18)17-7-3-1-4-8-17/h1-15H,16H2. The highest BCUT2D eigenvalue weighted by Gasteiger charge is 2.30. The molecule has 3 aromatic carbocycles. The van der Waals surface area contributed by atoms with Gasteiger partial charge in [-0.15, -0.1) is 0 Å². The summed E-state index contributed by atoms with van der Waals surface area (Å²) in [5.74, 6) is 0.365. The lowest BCUT2D eigenvalue weighted by Crippen LogP contribution is -2.04. The predicted octanol–water partition coefficient (Wildman–Crippen LogP) is 6.14. The van der Waals surface area contributed by atoms with E-state index in [-0.39, 0.29) is 6.61 Å². The van der Waals surface area contributed by atoms with Gasteiger partial charge in [0.2, 0.25) is 0 Å². The zero-order chi connectivity index (χ0) is 20.3. The Labute approximate surface area is 166 Å². The maximum Gasteiger partial charge on any atom is 0.416 e. The van der Waals surface area contributed by atoms with Crippen molar-refractivity contribution in [3.05, 3.63) is 102 Å². The van der Waals surface area contributed by atoms with Gasteiger partial charge in [0.15, 0.2) is 0 Å². The van der Waals surface area contributed by atoms with Crippen LogP contribution in [-0.4, -0.2) is 9.78 Å². The maximum atomic E-state index is 12.7. The Morgan fingerprint density at radius 1 is 0.793 bits per heavy atom. The van der Waals surface area contributed by atoms with Crippen LogP contribution in [0.3, 0.4) is 0 Å². The Bertz CT molecular complexity index is 1070. The highest BCUT2D eigenvalue weighted by molar-refractivity contribution is 5.63. The second-order valence-electron chi connectivity index (χ2n) is 6.46. The van der Waals surface area contributed by atoms with Crippen molar-refractivity contribution >= 4 is 0 Å². The number of hydrogen-bond donors (Lipinski definition) is 0. The molecular formula is C23H17F3N2O. The summed E-state index contributed by atoms with van der Waals surface area (Å²) in [6.45, 7) is 0.183. The first-order chi connectivity index (χ1) is 14.0. The van der Waals surface area contributed by atoms with E-state index in [4.69, 9.17) is 9.84 Å². The van der Waals surface area contributed by atoms with Gasteiger partial charge >= 0.3 is 6.18 Å². The summed E-state index contributed by atoms with van der Waals surface area (Å²) in [6, 6.07) is 24.1. The van der Waals surface area contributed by atoms with E-state index in [0.717, 1.165) is 34.6 Å². The van der Waals surface area contributed by atoms with Gasteiger partial charge < -0.3 is 4.74 Å². The molecule has 146 valence electrons. The first kappa shape index (κ1) is 18.8. The van der Waals surface area contributed by atoms with Crippen LogP contribution in [0.4, 0.5) is 13.2 Å². The molecule has 0 saturated heterocycles. The number of halogens is 3. The summed E-state index contributed by atoms with van der Waals surface area (Å²) >= 11 is 0. The van der Waals surface area contributed by atoms with E-state index < -0.39 is 11.7 Å². The van der Waals surface area contributed by atoms with Gasteiger partial charge in [-0.1, -0.05) is 48.5 Å². The van der Waals surface area contributed by atoms with Crippen LogP contribution < -0.4 is 4.74 Å². The molecule has 0 unspecified atom stereocenters. The average molecular weight is 394 g/mol. The molecule has 0 atom stereocenters. The quantitative estimate of drug-likeness (QED) is 0.407. The summed E-state index contributed by atoms with van der Waals surface area (Å²) in [5, 5.41) is 4.70. The van der Waals surface area contributed by atoms with Crippen molar-refractivity contribution in [3.8, 4) is 22.7 Å². The summed E-state index contributed by atoms with van der Waals surface area (Å²) in [6.07, 6.45) is -2.49. The zero-order valence-electron chi connectivity index (χ0n) is 15.3. The molecule has 6 heteroatoms. The van der Waals surface area contributed by atoms with Gasteiger partial charge in [0, 0.05) is 17.3 Å². The highest BCUT2D eigenvalue weighted by Crippen LogP contribution is 2.31. The molecule has 0 amide bonds. The number of alkyl halides is 3. The monoisotopic (exact) mass is 394 g/mol. The Hall–Kier alpha value is -3.54. The molecule has 0 aliphatic carbocycles. The number of para-hydroxylation sites is 1. The van der Waals surface area contributed by atoms with Crippen LogP contribution in [0.25, 0.3) is 16.9 Å². The topological polar surface area (TPSA) is 27.1 Å². The number of ether oxygens (including phenoxy) is 1. The van der Waals surface area contributed by atoms with Crippen LogP contribution in [-0.2, 0) is 12.8 Å². The van der Waals surface area contributed by atoms with Crippen molar-refractivity contribution in [1.29, 1.82) is 0 Å². The average Bonchev–Trinajstić information content (AvgIpc) is 3.17. The van der Waals surface area contributed by atoms with Gasteiger partial charge in [0.25, 0.3) is 0 Å². The Kier molecular flexibility index (Phi) is 5.08. The van der Waals surface area contributed by atoms with Crippen LogP contribution in [0.15, 0.2) is 91.1 Å². The van der Waals surface area contributed by atoms with Crippen molar-refractivity contribution in [3.63, 3.8) is 0 Å². The van der Waals surface area contributed by atoms with Gasteiger partial charge in [0.1, 0.15) is 12.4 Å². The summed E-state index contributed by atoms with van der Waals surface area (Å²) in [5.41, 5.74) is 2.74. The van der Waals surface area contributed by atoms with E-state index in [9.17, 15) is 13.2 Å². The maximum absolute atomic E-state index is 12.7. The molecule has 0 N–H and O–H groups in total. The minimum atomic E-state index is -4.37. The molecule has 0 saturated carbocycles. The summed E-state index contributed by atoms with van der Waals surface area (Å²) < 4.78 is 45.7. The molecular weight excluding hydrogens is 377 g/mol. The van der Waals surface area contributed by atoms with Crippen molar-refractivity contribution in [2.75, 3.05) is 0 Å². The van der Waals surface area contributed by atoms with Crippen LogP contribution in [0.2, 0.25) is 0 Å². The van der Waals surface area contributed by atoms with Crippen LogP contribution in [0.5, 0.6) is 5.75 Å². The van der Waals surface area contributed by atoms with E-state index in [1.54, 1.807) is 4.68 Å². The van der Waals surface area contributed by atoms with Crippen molar-refractivity contribution in [2.24, 2.45) is 0 Å². The second kappa shape index (κ2) is 7.83. The summed E-state index contributed by atoms with van der Waals surface area (Å²) in [4.78, 5) is 0. The molecule has 0 bridgehead atoms. The fourth-order valence-corrected chi connectivity index (χ4v) is 2.97. The first-order valence-corrected chi connectivity index (χ1v) is 9.00.